The summed E-state index contributed by atoms with van der Waals surface area (Å²) < 4.78 is 53.5. The summed E-state index contributed by atoms with van der Waals surface area (Å²) in [5, 5.41) is 2.27. The first kappa shape index (κ1) is 21.5. The van der Waals surface area contributed by atoms with Gasteiger partial charge in [0.2, 0.25) is 5.43 Å². The van der Waals surface area contributed by atoms with E-state index in [1.807, 2.05) is 0 Å². The number of aromatic nitrogens is 1. The number of halogens is 3. The largest absolute Gasteiger partial charge is 0.491 e. The predicted octanol–water partition coefficient (Wildman–Crippen LogP) is 1.94. The fourth-order valence-corrected chi connectivity index (χ4v) is 4.89. The van der Waals surface area contributed by atoms with Crippen LogP contribution in [-0.4, -0.2) is 46.8 Å². The molecule has 33 heavy (non-hydrogen) atoms. The summed E-state index contributed by atoms with van der Waals surface area (Å²) >= 11 is 0. The van der Waals surface area contributed by atoms with Gasteiger partial charge in [0.1, 0.15) is 23.0 Å². The maximum atomic E-state index is 13.9. The van der Waals surface area contributed by atoms with Crippen LogP contribution in [0.5, 0.6) is 5.75 Å². The van der Waals surface area contributed by atoms with Gasteiger partial charge in [-0.25, -0.2) is 13.2 Å². The molecular weight excluding hydrogens is 443 g/mol. The lowest BCUT2D eigenvalue weighted by Crippen LogP contribution is -2.57. The molecule has 2 fully saturated rings. The van der Waals surface area contributed by atoms with Crippen LogP contribution in [0.3, 0.4) is 0 Å². The van der Waals surface area contributed by atoms with E-state index in [9.17, 15) is 27.6 Å². The zero-order chi connectivity index (χ0) is 23.4. The zero-order valence-corrected chi connectivity index (χ0v) is 17.6. The van der Waals surface area contributed by atoms with Gasteiger partial charge in [-0.05, 0) is 19.3 Å². The van der Waals surface area contributed by atoms with Crippen molar-refractivity contribution in [3.63, 3.8) is 0 Å². The smallest absolute Gasteiger partial charge is 0.276 e. The van der Waals surface area contributed by atoms with Gasteiger partial charge in [0.05, 0.1) is 19.8 Å². The molecule has 2 unspecified atom stereocenters. The summed E-state index contributed by atoms with van der Waals surface area (Å²) in [5.74, 6) is -5.03. The van der Waals surface area contributed by atoms with E-state index < -0.39 is 53.0 Å². The first-order valence-corrected chi connectivity index (χ1v) is 10.5. The molecule has 5 rings (SSSR count). The maximum Gasteiger partial charge on any atom is 0.276 e. The number of benzene rings is 1. The second kappa shape index (κ2) is 7.91. The number of pyridine rings is 1. The van der Waals surface area contributed by atoms with Crippen molar-refractivity contribution in [2.45, 2.75) is 50.7 Å². The van der Waals surface area contributed by atoms with Crippen LogP contribution in [0.2, 0.25) is 0 Å². The molecule has 2 amide bonds. The third-order valence-corrected chi connectivity index (χ3v) is 6.42. The van der Waals surface area contributed by atoms with Crippen LogP contribution in [0.1, 0.15) is 45.7 Å². The molecule has 1 aliphatic carbocycles. The number of carbonyl (C=O) groups is 2. The minimum atomic E-state index is -1.16. The molecule has 3 heterocycles. The second-order valence-electron chi connectivity index (χ2n) is 8.33. The van der Waals surface area contributed by atoms with Crippen molar-refractivity contribution in [2.24, 2.45) is 0 Å². The van der Waals surface area contributed by atoms with E-state index in [0.29, 0.717) is 12.1 Å². The molecule has 11 heteroatoms. The average molecular weight is 463 g/mol. The Balaban J connectivity index is 1.47. The monoisotopic (exact) mass is 463 g/mol. The highest BCUT2D eigenvalue weighted by molar-refractivity contribution is 5.99. The molecule has 8 nitrogen and oxygen atoms in total. The summed E-state index contributed by atoms with van der Waals surface area (Å²) in [6.07, 6.45) is 3.17. The molecule has 1 aromatic carbocycles. The Kier molecular flexibility index (Phi) is 5.15. The molecule has 0 spiro atoms. The van der Waals surface area contributed by atoms with Crippen molar-refractivity contribution >= 4 is 11.8 Å². The van der Waals surface area contributed by atoms with E-state index in [1.54, 1.807) is 4.90 Å². The van der Waals surface area contributed by atoms with E-state index in [0.717, 1.165) is 19.3 Å². The van der Waals surface area contributed by atoms with Gasteiger partial charge in [-0.2, -0.15) is 0 Å². The highest BCUT2D eigenvalue weighted by Gasteiger charge is 2.47. The molecule has 3 aliphatic rings. The minimum Gasteiger partial charge on any atom is -0.491 e. The van der Waals surface area contributed by atoms with Crippen LogP contribution in [0.4, 0.5) is 13.2 Å². The molecule has 1 saturated heterocycles. The number of fused-ring (bicyclic) bond motifs is 5. The van der Waals surface area contributed by atoms with Crippen molar-refractivity contribution in [2.75, 3.05) is 7.11 Å². The van der Waals surface area contributed by atoms with Crippen LogP contribution in [0, 0.1) is 17.5 Å². The lowest BCUT2D eigenvalue weighted by Gasteiger charge is -2.44. The van der Waals surface area contributed by atoms with Gasteiger partial charge in [-0.15, -0.1) is 0 Å². The average Bonchev–Trinajstić information content (AvgIpc) is 3.13. The molecule has 2 aromatic rings. The number of hydrogen-bond acceptors (Lipinski definition) is 5. The van der Waals surface area contributed by atoms with E-state index in [-0.39, 0.29) is 35.7 Å². The summed E-state index contributed by atoms with van der Waals surface area (Å²) in [6.45, 7) is -0.408. The van der Waals surface area contributed by atoms with Gasteiger partial charge in [0, 0.05) is 36.5 Å². The van der Waals surface area contributed by atoms with Crippen molar-refractivity contribution in [1.29, 1.82) is 0 Å². The number of ether oxygens (including phenoxy) is 2. The molecule has 2 bridgehead atoms. The number of methoxy groups -OCH3 is 1. The van der Waals surface area contributed by atoms with Crippen LogP contribution in [0.15, 0.2) is 23.1 Å². The maximum absolute atomic E-state index is 13.9. The first-order chi connectivity index (χ1) is 15.8. The lowest BCUT2D eigenvalue weighted by atomic mass is 10.1. The van der Waals surface area contributed by atoms with Crippen molar-refractivity contribution in [3.8, 4) is 5.75 Å². The summed E-state index contributed by atoms with van der Waals surface area (Å²) in [6, 6.07) is 1.02. The third kappa shape index (κ3) is 3.47. The number of nitrogens with zero attached hydrogens (tertiary/aromatic N) is 2. The van der Waals surface area contributed by atoms with Crippen molar-refractivity contribution in [3.05, 3.63) is 62.8 Å². The van der Waals surface area contributed by atoms with Gasteiger partial charge in [-0.1, -0.05) is 0 Å². The third-order valence-electron chi connectivity index (χ3n) is 6.42. The normalized spacial score (nSPS) is 23.2. The molecule has 1 N–H and O–H groups in total. The van der Waals surface area contributed by atoms with Gasteiger partial charge >= 0.3 is 0 Å². The Morgan fingerprint density at radius 1 is 1.21 bits per heavy atom. The number of carbonyl (C=O) groups excluding carboxylic acids is 2. The molecule has 1 aromatic heterocycles. The number of hydrogen-bond donors (Lipinski definition) is 1. The van der Waals surface area contributed by atoms with Gasteiger partial charge in [0.15, 0.2) is 17.7 Å². The molecule has 3 atom stereocenters. The van der Waals surface area contributed by atoms with E-state index in [2.05, 4.69) is 5.32 Å². The minimum absolute atomic E-state index is 0.0262. The second-order valence-corrected chi connectivity index (χ2v) is 8.33. The Morgan fingerprint density at radius 3 is 2.64 bits per heavy atom. The van der Waals surface area contributed by atoms with Crippen molar-refractivity contribution < 1.29 is 32.2 Å². The standard InChI is InChI=1S/C22H20F3N3O5/c1-32-20-18-22(31)28-11-2-3-12(6-11)33-17(28)9-27(18)8-14(19(20)29)21(30)26-7-13-15(24)4-10(23)5-16(13)25/h4-5,8,11-12,17H,2-3,6-7,9H2,1H3,(H,26,30)/t11?,12?,17-/m1/s1. The van der Waals surface area contributed by atoms with Crippen LogP contribution < -0.4 is 15.5 Å². The molecular formula is C22H20F3N3O5. The highest BCUT2D eigenvalue weighted by Crippen LogP contribution is 2.38. The fraction of sp³-hybridized carbons (Fsp3) is 0.409. The summed E-state index contributed by atoms with van der Waals surface area (Å²) in [5.41, 5.74) is -1.71. The summed E-state index contributed by atoms with van der Waals surface area (Å²) in [7, 11) is 1.22. The van der Waals surface area contributed by atoms with Crippen LogP contribution >= 0.6 is 0 Å². The topological polar surface area (TPSA) is 89.9 Å². The Hall–Kier alpha value is -3.34. The van der Waals surface area contributed by atoms with Gasteiger partial charge in [-0.3, -0.25) is 14.4 Å². The van der Waals surface area contributed by atoms with Crippen LogP contribution in [0.25, 0.3) is 0 Å². The molecule has 0 radical (unpaired) electrons. The molecule has 2 aliphatic heterocycles. The lowest BCUT2D eigenvalue weighted by molar-refractivity contribution is -0.132. The summed E-state index contributed by atoms with van der Waals surface area (Å²) in [4.78, 5) is 40.6. The highest BCUT2D eigenvalue weighted by atomic mass is 19.1. The van der Waals surface area contributed by atoms with E-state index in [4.69, 9.17) is 9.47 Å². The Bertz CT molecular complexity index is 1210. The quantitative estimate of drug-likeness (QED) is 0.749. The van der Waals surface area contributed by atoms with Gasteiger partial charge in [0.25, 0.3) is 11.8 Å². The van der Waals surface area contributed by atoms with Crippen LogP contribution in [-0.2, 0) is 17.8 Å². The number of rotatable bonds is 4. The molecule has 174 valence electrons. The van der Waals surface area contributed by atoms with E-state index in [1.165, 1.54) is 17.9 Å². The SMILES string of the molecule is COc1c2n(cc(C(=O)NCc3c(F)cc(F)cc3F)c1=O)C[C@H]1OC3CCC(C3)N1C2=O. The Morgan fingerprint density at radius 2 is 1.94 bits per heavy atom. The first-order valence-electron chi connectivity index (χ1n) is 10.5. The van der Waals surface area contributed by atoms with Gasteiger partial charge < -0.3 is 24.3 Å². The Labute approximate surface area is 185 Å². The zero-order valence-electron chi connectivity index (χ0n) is 17.6. The van der Waals surface area contributed by atoms with E-state index >= 15 is 0 Å². The molecule has 1 saturated carbocycles. The van der Waals surface area contributed by atoms with Crippen molar-refractivity contribution in [1.82, 2.24) is 14.8 Å². The fourth-order valence-electron chi connectivity index (χ4n) is 4.89. The number of amides is 2. The predicted molar refractivity (Wildman–Crippen MR) is 107 cm³/mol. The number of nitrogens with one attached hydrogen (secondary N) is 1.